The number of carbonyl (C=O) groups excluding carboxylic acids is 2. The summed E-state index contributed by atoms with van der Waals surface area (Å²) in [5, 5.41) is 6.52. The van der Waals surface area contributed by atoms with Crippen LogP contribution in [0.25, 0.3) is 10.6 Å². The first-order chi connectivity index (χ1) is 14.9. The zero-order chi connectivity index (χ0) is 22.0. The van der Waals surface area contributed by atoms with Crippen LogP contribution in [0.3, 0.4) is 0 Å². The predicted octanol–water partition coefficient (Wildman–Crippen LogP) is 5.53. The molecule has 0 radical (unpaired) electrons. The number of hydrogen-bond acceptors (Lipinski definition) is 6. The second-order valence-electron chi connectivity index (χ2n) is 6.65. The molecule has 31 heavy (non-hydrogen) atoms. The average Bonchev–Trinajstić information content (AvgIpc) is 3.31. The summed E-state index contributed by atoms with van der Waals surface area (Å²) in [7, 11) is 0. The number of amides is 2. The van der Waals surface area contributed by atoms with E-state index in [1.165, 1.54) is 23.5 Å². The fourth-order valence-electron chi connectivity index (χ4n) is 2.85. The van der Waals surface area contributed by atoms with Gasteiger partial charge in [-0.3, -0.25) is 14.9 Å². The van der Waals surface area contributed by atoms with Crippen LogP contribution in [0.2, 0.25) is 0 Å². The van der Waals surface area contributed by atoms with Crippen molar-refractivity contribution < 1.29 is 14.0 Å². The van der Waals surface area contributed by atoms with Crippen molar-refractivity contribution in [3.63, 3.8) is 0 Å². The molecule has 4 rings (SSSR count). The number of para-hydroxylation sites is 1. The van der Waals surface area contributed by atoms with E-state index in [2.05, 4.69) is 20.6 Å². The lowest BCUT2D eigenvalue weighted by Crippen LogP contribution is -2.11. The van der Waals surface area contributed by atoms with Gasteiger partial charge in [0, 0.05) is 11.3 Å². The minimum atomic E-state index is -0.355. The zero-order valence-electron chi connectivity index (χ0n) is 16.6. The number of hydrogen-bond donors (Lipinski definition) is 2. The molecule has 0 aliphatic rings. The first kappa shape index (κ1) is 20.8. The van der Waals surface area contributed by atoms with Gasteiger partial charge in [-0.25, -0.2) is 14.4 Å². The Labute approximate surface area is 185 Å². The van der Waals surface area contributed by atoms with Crippen molar-refractivity contribution in [2.45, 2.75) is 13.8 Å². The third-order valence-electron chi connectivity index (χ3n) is 4.35. The highest BCUT2D eigenvalue weighted by molar-refractivity contribution is 7.18. The number of aryl methyl sites for hydroxylation is 2. The van der Waals surface area contributed by atoms with E-state index in [1.54, 1.807) is 38.1 Å². The molecule has 9 heteroatoms. The predicted molar refractivity (Wildman–Crippen MR) is 121 cm³/mol. The first-order valence-electron chi connectivity index (χ1n) is 9.29. The van der Waals surface area contributed by atoms with Crippen LogP contribution in [-0.4, -0.2) is 21.8 Å². The number of aromatic nitrogens is 2. The monoisotopic (exact) mass is 452 g/mol. The Bertz CT molecular complexity index is 1250. The van der Waals surface area contributed by atoms with Gasteiger partial charge in [0.2, 0.25) is 0 Å². The van der Waals surface area contributed by atoms with E-state index in [0.29, 0.717) is 37.0 Å². The normalized spacial score (nSPS) is 10.7. The van der Waals surface area contributed by atoms with Crippen LogP contribution in [0, 0.1) is 19.7 Å². The minimum absolute atomic E-state index is 0.283. The number of carbonyl (C=O) groups is 2. The average molecular weight is 453 g/mol. The molecule has 0 unspecified atom stereocenters. The molecule has 4 aromatic rings. The summed E-state index contributed by atoms with van der Waals surface area (Å²) in [5.41, 5.74) is 2.51. The molecular weight excluding hydrogens is 435 g/mol. The van der Waals surface area contributed by atoms with Gasteiger partial charge >= 0.3 is 0 Å². The van der Waals surface area contributed by atoms with Crippen LogP contribution in [0.5, 0.6) is 0 Å². The fraction of sp³-hybridized carbons (Fsp3) is 0.0909. The van der Waals surface area contributed by atoms with Gasteiger partial charge in [0.25, 0.3) is 11.8 Å². The molecule has 2 aromatic heterocycles. The highest BCUT2D eigenvalue weighted by atomic mass is 32.1. The maximum absolute atomic E-state index is 13.2. The fourth-order valence-corrected chi connectivity index (χ4v) is 4.67. The highest BCUT2D eigenvalue weighted by Gasteiger charge is 2.20. The summed E-state index contributed by atoms with van der Waals surface area (Å²) >= 11 is 2.32. The van der Waals surface area contributed by atoms with Gasteiger partial charge in [-0.2, -0.15) is 0 Å². The number of rotatable bonds is 5. The summed E-state index contributed by atoms with van der Waals surface area (Å²) < 4.78 is 13.2. The molecule has 0 saturated carbocycles. The Hall–Kier alpha value is -3.43. The van der Waals surface area contributed by atoms with Gasteiger partial charge in [-0.1, -0.05) is 29.5 Å². The molecule has 0 spiro atoms. The summed E-state index contributed by atoms with van der Waals surface area (Å²) in [6.45, 7) is 3.46. The van der Waals surface area contributed by atoms with Crippen molar-refractivity contribution in [2.24, 2.45) is 0 Å². The largest absolute Gasteiger partial charge is 0.321 e. The molecule has 156 valence electrons. The van der Waals surface area contributed by atoms with Gasteiger partial charge < -0.3 is 5.32 Å². The van der Waals surface area contributed by atoms with Crippen molar-refractivity contribution in [1.29, 1.82) is 0 Å². The van der Waals surface area contributed by atoms with Gasteiger partial charge in [-0.05, 0) is 50.2 Å². The third-order valence-corrected chi connectivity index (χ3v) is 6.63. The Kier molecular flexibility index (Phi) is 5.88. The second-order valence-corrected chi connectivity index (χ2v) is 8.65. The van der Waals surface area contributed by atoms with Crippen molar-refractivity contribution in [3.05, 3.63) is 81.6 Å². The Morgan fingerprint density at radius 2 is 1.42 bits per heavy atom. The minimum Gasteiger partial charge on any atom is -0.321 e. The maximum atomic E-state index is 13.2. The highest BCUT2D eigenvalue weighted by Crippen LogP contribution is 2.30. The van der Waals surface area contributed by atoms with E-state index in [9.17, 15) is 14.0 Å². The van der Waals surface area contributed by atoms with Crippen LogP contribution in [-0.2, 0) is 0 Å². The number of thiazole rings is 2. The lowest BCUT2D eigenvalue weighted by atomic mass is 10.2. The molecular formula is C22H17FN4O2S2. The molecule has 0 bridgehead atoms. The van der Waals surface area contributed by atoms with Gasteiger partial charge in [0.05, 0.1) is 11.4 Å². The second kappa shape index (κ2) is 8.75. The van der Waals surface area contributed by atoms with Crippen LogP contribution in [0.4, 0.5) is 15.2 Å². The lowest BCUT2D eigenvalue weighted by molar-refractivity contribution is 0.102. The molecule has 0 fully saturated rings. The Morgan fingerprint density at radius 1 is 0.806 bits per heavy atom. The molecule has 0 aliphatic carbocycles. The van der Waals surface area contributed by atoms with Crippen molar-refractivity contribution >= 4 is 45.3 Å². The van der Waals surface area contributed by atoms with Gasteiger partial charge in [0.1, 0.15) is 20.6 Å². The molecule has 0 saturated heterocycles. The van der Waals surface area contributed by atoms with Gasteiger partial charge in [0.15, 0.2) is 5.13 Å². The van der Waals surface area contributed by atoms with Crippen LogP contribution in [0.1, 0.15) is 30.7 Å². The molecule has 6 nitrogen and oxygen atoms in total. The van der Waals surface area contributed by atoms with Crippen molar-refractivity contribution in [3.8, 4) is 10.6 Å². The van der Waals surface area contributed by atoms with E-state index < -0.39 is 0 Å². The number of halogens is 1. The lowest BCUT2D eigenvalue weighted by Gasteiger charge is -2.02. The standard InChI is InChI=1S/C22H17FN4O2S2/c1-12-17(30-21(24-12)14-8-10-15(23)11-9-14)20(29)27-22-25-13(2)18(31-22)19(28)26-16-6-4-3-5-7-16/h3-11H,1-2H3,(H,26,28)(H,25,27,29). The Balaban J connectivity index is 1.50. The maximum Gasteiger partial charge on any atom is 0.269 e. The smallest absolute Gasteiger partial charge is 0.269 e. The summed E-state index contributed by atoms with van der Waals surface area (Å²) in [5.74, 6) is -0.970. The Morgan fingerprint density at radius 3 is 2.13 bits per heavy atom. The van der Waals surface area contributed by atoms with E-state index in [1.807, 2.05) is 18.2 Å². The van der Waals surface area contributed by atoms with Crippen LogP contribution in [0.15, 0.2) is 54.6 Å². The molecule has 2 aromatic carbocycles. The number of nitrogens with zero attached hydrogens (tertiary/aromatic N) is 2. The summed E-state index contributed by atoms with van der Waals surface area (Å²) in [4.78, 5) is 34.9. The van der Waals surface area contributed by atoms with E-state index >= 15 is 0 Å². The molecule has 0 atom stereocenters. The van der Waals surface area contributed by atoms with Gasteiger partial charge in [-0.15, -0.1) is 11.3 Å². The molecule has 2 heterocycles. The molecule has 2 N–H and O–H groups in total. The number of anilines is 2. The quantitative estimate of drug-likeness (QED) is 0.417. The zero-order valence-corrected chi connectivity index (χ0v) is 18.2. The van der Waals surface area contributed by atoms with E-state index in [-0.39, 0.29) is 17.6 Å². The summed E-state index contributed by atoms with van der Waals surface area (Å²) in [6.07, 6.45) is 0. The molecule has 0 aliphatic heterocycles. The van der Waals surface area contributed by atoms with E-state index in [0.717, 1.165) is 16.9 Å². The van der Waals surface area contributed by atoms with E-state index in [4.69, 9.17) is 0 Å². The van der Waals surface area contributed by atoms with Crippen molar-refractivity contribution in [2.75, 3.05) is 10.6 Å². The van der Waals surface area contributed by atoms with Crippen molar-refractivity contribution in [1.82, 2.24) is 9.97 Å². The SMILES string of the molecule is Cc1nc(NC(=O)c2sc(-c3ccc(F)cc3)nc2C)sc1C(=O)Nc1ccccc1. The molecule has 2 amide bonds. The first-order valence-corrected chi connectivity index (χ1v) is 10.9. The topological polar surface area (TPSA) is 84.0 Å². The van der Waals surface area contributed by atoms with Crippen LogP contribution >= 0.6 is 22.7 Å². The third kappa shape index (κ3) is 4.68. The van der Waals surface area contributed by atoms with Crippen LogP contribution < -0.4 is 10.6 Å². The number of benzene rings is 2. The summed E-state index contributed by atoms with van der Waals surface area (Å²) in [6, 6.07) is 15.1. The number of nitrogens with one attached hydrogen (secondary N) is 2.